The van der Waals surface area contributed by atoms with Gasteiger partial charge in [0.15, 0.2) is 8.32 Å². The van der Waals surface area contributed by atoms with Crippen molar-refractivity contribution >= 4 is 8.32 Å². The summed E-state index contributed by atoms with van der Waals surface area (Å²) in [7, 11) is -1.58. The smallest absolute Gasteiger partial charge is 0.192 e. The molecule has 2 heteroatoms. The van der Waals surface area contributed by atoms with Crippen molar-refractivity contribution < 1.29 is 4.43 Å². The van der Waals surface area contributed by atoms with Crippen LogP contribution in [0, 0.1) is 5.92 Å². The Morgan fingerprint density at radius 2 is 1.62 bits per heavy atom. The molecule has 0 aliphatic carbocycles. The first-order valence-electron chi connectivity index (χ1n) is 6.79. The fourth-order valence-electron chi connectivity index (χ4n) is 1.49. The molecule has 0 heterocycles. The quantitative estimate of drug-likeness (QED) is 0.582. The number of rotatable bonds is 6. The van der Waals surface area contributed by atoms with E-state index in [0.717, 1.165) is 0 Å². The fraction of sp³-hybridized carbons (Fsp3) is 1.00. The van der Waals surface area contributed by atoms with Crippen LogP contribution in [0.25, 0.3) is 0 Å². The molecule has 1 nitrogen and oxygen atoms in total. The summed E-state index contributed by atoms with van der Waals surface area (Å²) in [5, 5.41) is 0.326. The second kappa shape index (κ2) is 6.20. The van der Waals surface area contributed by atoms with Crippen molar-refractivity contribution in [2.24, 2.45) is 5.92 Å². The van der Waals surface area contributed by atoms with E-state index in [1.54, 1.807) is 0 Å². The SMILES string of the molecule is CCCC[C@H](O[Si](C)(C)C(C)(C)C)C(C)C. The van der Waals surface area contributed by atoms with Crippen LogP contribution in [0.1, 0.15) is 60.8 Å². The fourth-order valence-corrected chi connectivity index (χ4v) is 2.99. The normalized spacial score (nSPS) is 15.6. The number of hydrogen-bond donors (Lipinski definition) is 0. The van der Waals surface area contributed by atoms with Crippen LogP contribution >= 0.6 is 0 Å². The first kappa shape index (κ1) is 16.2. The highest BCUT2D eigenvalue weighted by molar-refractivity contribution is 6.74. The largest absolute Gasteiger partial charge is 0.414 e. The van der Waals surface area contributed by atoms with Crippen molar-refractivity contribution in [3.05, 3.63) is 0 Å². The molecule has 0 bridgehead atoms. The third-order valence-corrected chi connectivity index (χ3v) is 8.34. The van der Waals surface area contributed by atoms with E-state index in [9.17, 15) is 0 Å². The lowest BCUT2D eigenvalue weighted by Crippen LogP contribution is -2.45. The molecule has 0 amide bonds. The van der Waals surface area contributed by atoms with Gasteiger partial charge < -0.3 is 4.43 Å². The van der Waals surface area contributed by atoms with E-state index < -0.39 is 8.32 Å². The van der Waals surface area contributed by atoms with Crippen LogP contribution in [0.5, 0.6) is 0 Å². The van der Waals surface area contributed by atoms with Crippen molar-refractivity contribution in [1.82, 2.24) is 0 Å². The van der Waals surface area contributed by atoms with Crippen LogP contribution in [0.4, 0.5) is 0 Å². The average Bonchev–Trinajstić information content (AvgIpc) is 2.09. The molecular weight excluding hydrogens is 212 g/mol. The van der Waals surface area contributed by atoms with E-state index in [1.807, 2.05) is 0 Å². The lowest BCUT2D eigenvalue weighted by molar-refractivity contribution is 0.122. The highest BCUT2D eigenvalue weighted by Gasteiger charge is 2.39. The van der Waals surface area contributed by atoms with Gasteiger partial charge in [-0.05, 0) is 30.5 Å². The minimum atomic E-state index is -1.58. The Labute approximate surface area is 104 Å². The molecule has 0 saturated heterocycles. The van der Waals surface area contributed by atoms with E-state index in [-0.39, 0.29) is 0 Å². The van der Waals surface area contributed by atoms with Crippen LogP contribution in [0.2, 0.25) is 18.1 Å². The van der Waals surface area contributed by atoms with E-state index in [2.05, 4.69) is 54.6 Å². The van der Waals surface area contributed by atoms with Gasteiger partial charge in [0.2, 0.25) is 0 Å². The zero-order valence-corrected chi connectivity index (χ0v) is 13.7. The maximum atomic E-state index is 6.50. The average molecular weight is 244 g/mol. The van der Waals surface area contributed by atoms with Crippen molar-refractivity contribution in [2.75, 3.05) is 0 Å². The maximum Gasteiger partial charge on any atom is 0.192 e. The summed E-state index contributed by atoms with van der Waals surface area (Å²) >= 11 is 0. The van der Waals surface area contributed by atoms with Crippen molar-refractivity contribution in [3.8, 4) is 0 Å². The van der Waals surface area contributed by atoms with E-state index >= 15 is 0 Å². The molecule has 0 aliphatic rings. The first-order chi connectivity index (χ1) is 7.12. The van der Waals surface area contributed by atoms with Crippen LogP contribution in [0.15, 0.2) is 0 Å². The molecule has 0 N–H and O–H groups in total. The Kier molecular flexibility index (Phi) is 6.27. The summed E-state index contributed by atoms with van der Waals surface area (Å²) in [6, 6.07) is 0. The summed E-state index contributed by atoms with van der Waals surface area (Å²) in [6.45, 7) is 18.5. The lowest BCUT2D eigenvalue weighted by Gasteiger charge is -2.40. The summed E-state index contributed by atoms with van der Waals surface area (Å²) in [6.07, 6.45) is 4.24. The first-order valence-corrected chi connectivity index (χ1v) is 9.70. The molecule has 0 unspecified atom stereocenters. The van der Waals surface area contributed by atoms with Gasteiger partial charge in [-0.3, -0.25) is 0 Å². The predicted molar refractivity (Wildman–Crippen MR) is 76.4 cm³/mol. The van der Waals surface area contributed by atoms with Gasteiger partial charge in [-0.1, -0.05) is 54.4 Å². The lowest BCUT2D eigenvalue weighted by atomic mass is 10.0. The summed E-state index contributed by atoms with van der Waals surface area (Å²) < 4.78 is 6.50. The van der Waals surface area contributed by atoms with Gasteiger partial charge in [0.05, 0.1) is 0 Å². The minimum Gasteiger partial charge on any atom is -0.414 e. The van der Waals surface area contributed by atoms with E-state index in [1.165, 1.54) is 19.3 Å². The van der Waals surface area contributed by atoms with Crippen molar-refractivity contribution in [3.63, 3.8) is 0 Å². The third-order valence-electron chi connectivity index (χ3n) is 3.84. The zero-order valence-electron chi connectivity index (χ0n) is 12.7. The highest BCUT2D eigenvalue weighted by atomic mass is 28.4. The van der Waals surface area contributed by atoms with Gasteiger partial charge in [0.25, 0.3) is 0 Å². The van der Waals surface area contributed by atoms with Crippen molar-refractivity contribution in [1.29, 1.82) is 0 Å². The molecule has 98 valence electrons. The van der Waals surface area contributed by atoms with Gasteiger partial charge in [-0.25, -0.2) is 0 Å². The summed E-state index contributed by atoms with van der Waals surface area (Å²) in [4.78, 5) is 0. The van der Waals surface area contributed by atoms with E-state index in [0.29, 0.717) is 17.1 Å². The van der Waals surface area contributed by atoms with Gasteiger partial charge >= 0.3 is 0 Å². The van der Waals surface area contributed by atoms with Crippen LogP contribution < -0.4 is 0 Å². The van der Waals surface area contributed by atoms with Crippen molar-refractivity contribution in [2.45, 2.75) is 85.0 Å². The van der Waals surface area contributed by atoms with Gasteiger partial charge in [0, 0.05) is 6.10 Å². The predicted octanol–water partition coefficient (Wildman–Crippen LogP) is 5.22. The number of hydrogen-bond acceptors (Lipinski definition) is 1. The van der Waals surface area contributed by atoms with Crippen LogP contribution in [-0.2, 0) is 4.43 Å². The Hall–Kier alpha value is 0.177. The third kappa shape index (κ3) is 5.01. The molecule has 0 aromatic rings. The molecular formula is C14H32OSi. The summed E-state index contributed by atoms with van der Waals surface area (Å²) in [5.41, 5.74) is 0. The van der Waals surface area contributed by atoms with Crippen LogP contribution in [0.3, 0.4) is 0 Å². The second-order valence-electron chi connectivity index (χ2n) is 6.80. The Bertz CT molecular complexity index is 191. The number of unbranched alkanes of at least 4 members (excludes halogenated alkanes) is 1. The monoisotopic (exact) mass is 244 g/mol. The molecule has 0 fully saturated rings. The molecule has 0 rings (SSSR count). The molecule has 0 radical (unpaired) electrons. The second-order valence-corrected chi connectivity index (χ2v) is 11.6. The Morgan fingerprint density at radius 1 is 1.12 bits per heavy atom. The Morgan fingerprint density at radius 3 is 1.94 bits per heavy atom. The molecule has 1 atom stereocenters. The van der Waals surface area contributed by atoms with Gasteiger partial charge in [-0.15, -0.1) is 0 Å². The topological polar surface area (TPSA) is 9.23 Å². The molecule has 0 saturated carbocycles. The molecule has 0 spiro atoms. The summed E-state index contributed by atoms with van der Waals surface area (Å²) in [5.74, 6) is 0.640. The minimum absolute atomic E-state index is 0.326. The van der Waals surface area contributed by atoms with E-state index in [4.69, 9.17) is 4.43 Å². The highest BCUT2D eigenvalue weighted by Crippen LogP contribution is 2.38. The molecule has 0 aliphatic heterocycles. The molecule has 16 heavy (non-hydrogen) atoms. The Balaban J connectivity index is 4.50. The standard InChI is InChI=1S/C14H32OSi/c1-9-10-11-13(12(2)3)15-16(7,8)14(4,5)6/h12-13H,9-11H2,1-8H3/t13-/m0/s1. The van der Waals surface area contributed by atoms with Gasteiger partial charge in [-0.2, -0.15) is 0 Å². The maximum absolute atomic E-state index is 6.50. The van der Waals surface area contributed by atoms with Gasteiger partial charge in [0.1, 0.15) is 0 Å². The van der Waals surface area contributed by atoms with Crippen LogP contribution in [-0.4, -0.2) is 14.4 Å². The zero-order chi connectivity index (χ0) is 13.0. The molecule has 0 aromatic heterocycles. The molecule has 0 aromatic carbocycles.